The van der Waals surface area contributed by atoms with Gasteiger partial charge in [-0.3, -0.25) is 0 Å². The van der Waals surface area contributed by atoms with Crippen molar-refractivity contribution in [2.45, 2.75) is 27.3 Å². The summed E-state index contributed by atoms with van der Waals surface area (Å²) in [6.45, 7) is 6.65. The summed E-state index contributed by atoms with van der Waals surface area (Å²) in [5.41, 5.74) is 5.40. The Morgan fingerprint density at radius 3 is 2.79 bits per heavy atom. The smallest absolute Gasteiger partial charge is 0.178 e. The summed E-state index contributed by atoms with van der Waals surface area (Å²) in [5, 5.41) is 3.99. The summed E-state index contributed by atoms with van der Waals surface area (Å²) in [6, 6.07) is 6.28. The maximum Gasteiger partial charge on any atom is 0.178 e. The number of hydrogen-bond acceptors (Lipinski definition) is 3. The minimum Gasteiger partial charge on any atom is -0.361 e. The molecule has 0 atom stereocenters. The summed E-state index contributed by atoms with van der Waals surface area (Å²) in [7, 11) is 0. The lowest BCUT2D eigenvalue weighted by Crippen LogP contribution is -2.01. The van der Waals surface area contributed by atoms with Gasteiger partial charge < -0.3 is 14.1 Å². The number of hydrogen-bond donors (Lipinski definition) is 1. The molecule has 0 bridgehead atoms. The first-order valence-corrected chi connectivity index (χ1v) is 6.58. The lowest BCUT2D eigenvalue weighted by molar-refractivity contribution is 0.392. The Labute approximate surface area is 116 Å². The topological polar surface area (TPSA) is 46.8 Å². The van der Waals surface area contributed by atoms with E-state index in [9.17, 15) is 0 Å². The Morgan fingerprint density at radius 1 is 1.32 bits per heavy atom. The van der Waals surface area contributed by atoms with Crippen molar-refractivity contribution in [3.8, 4) is 0 Å². The quantitative estimate of drug-likeness (QED) is 0.725. The predicted octanol–water partition coefficient (Wildman–Crippen LogP) is 3.66. The van der Waals surface area contributed by atoms with E-state index in [0.717, 1.165) is 32.8 Å². The van der Waals surface area contributed by atoms with E-state index >= 15 is 0 Å². The zero-order chi connectivity index (χ0) is 13.6. The van der Waals surface area contributed by atoms with Gasteiger partial charge in [0.1, 0.15) is 5.76 Å². The number of rotatable bonds is 2. The van der Waals surface area contributed by atoms with Crippen molar-refractivity contribution in [1.82, 2.24) is 14.7 Å². The van der Waals surface area contributed by atoms with Crippen molar-refractivity contribution in [1.29, 1.82) is 0 Å². The molecule has 3 aromatic rings. The van der Waals surface area contributed by atoms with Crippen LogP contribution in [0.4, 0.5) is 0 Å². The average molecular weight is 273 g/mol. The molecule has 0 aliphatic heterocycles. The molecule has 0 unspecified atom stereocenters. The van der Waals surface area contributed by atoms with Crippen molar-refractivity contribution < 1.29 is 4.52 Å². The molecular weight excluding hydrogens is 258 g/mol. The molecule has 0 saturated heterocycles. The van der Waals surface area contributed by atoms with Crippen LogP contribution < -0.4 is 0 Å². The SMILES string of the molecule is Cc1ccc2[nH]c(=S)n(Cc3c(C)noc3C)c2c1. The van der Waals surface area contributed by atoms with Gasteiger partial charge in [0.2, 0.25) is 0 Å². The van der Waals surface area contributed by atoms with Crippen molar-refractivity contribution in [3.63, 3.8) is 0 Å². The first-order chi connectivity index (χ1) is 9.06. The normalized spacial score (nSPS) is 11.3. The molecule has 2 aromatic heterocycles. The molecule has 98 valence electrons. The summed E-state index contributed by atoms with van der Waals surface area (Å²) in [6.07, 6.45) is 0. The van der Waals surface area contributed by atoms with Crippen LogP contribution in [0.25, 0.3) is 11.0 Å². The Kier molecular flexibility index (Phi) is 2.78. The maximum atomic E-state index is 5.41. The van der Waals surface area contributed by atoms with Crippen LogP contribution in [0.2, 0.25) is 0 Å². The van der Waals surface area contributed by atoms with Crippen LogP contribution >= 0.6 is 12.2 Å². The zero-order valence-corrected chi connectivity index (χ0v) is 12.0. The highest BCUT2D eigenvalue weighted by Gasteiger charge is 2.12. The van der Waals surface area contributed by atoms with Crippen LogP contribution in [0.15, 0.2) is 22.7 Å². The van der Waals surface area contributed by atoms with E-state index in [1.54, 1.807) is 0 Å². The molecule has 1 N–H and O–H groups in total. The fraction of sp³-hybridized carbons (Fsp3) is 0.286. The van der Waals surface area contributed by atoms with Gasteiger partial charge >= 0.3 is 0 Å². The minimum atomic E-state index is 0.684. The molecule has 0 saturated carbocycles. The zero-order valence-electron chi connectivity index (χ0n) is 11.2. The number of aryl methyl sites for hydroxylation is 3. The molecule has 0 spiro atoms. The first kappa shape index (κ1) is 12.2. The Hall–Kier alpha value is -1.88. The van der Waals surface area contributed by atoms with E-state index in [0.29, 0.717) is 6.54 Å². The van der Waals surface area contributed by atoms with Gasteiger partial charge in [0.05, 0.1) is 23.3 Å². The molecule has 0 aliphatic carbocycles. The predicted molar refractivity (Wildman–Crippen MR) is 76.9 cm³/mol. The third kappa shape index (κ3) is 2.00. The number of fused-ring (bicyclic) bond motifs is 1. The standard InChI is InChI=1S/C14H15N3OS/c1-8-4-5-12-13(6-8)17(14(19)15-12)7-11-9(2)16-18-10(11)3/h4-6H,7H2,1-3H3,(H,15,19). The van der Waals surface area contributed by atoms with Crippen LogP contribution in [0.1, 0.15) is 22.6 Å². The molecule has 0 aliphatic rings. The molecule has 19 heavy (non-hydrogen) atoms. The van der Waals surface area contributed by atoms with Gasteiger partial charge in [-0.25, -0.2) is 0 Å². The van der Waals surface area contributed by atoms with Crippen LogP contribution in [-0.4, -0.2) is 14.7 Å². The number of benzene rings is 1. The van der Waals surface area contributed by atoms with Gasteiger partial charge in [-0.1, -0.05) is 11.2 Å². The van der Waals surface area contributed by atoms with Gasteiger partial charge in [-0.05, 0) is 50.7 Å². The van der Waals surface area contributed by atoms with Gasteiger partial charge in [0, 0.05) is 5.56 Å². The Bertz CT molecular complexity index is 790. The summed E-state index contributed by atoms with van der Waals surface area (Å²) >= 11 is 5.41. The van der Waals surface area contributed by atoms with E-state index < -0.39 is 0 Å². The third-order valence-electron chi connectivity index (χ3n) is 3.43. The van der Waals surface area contributed by atoms with Crippen molar-refractivity contribution in [3.05, 3.63) is 45.6 Å². The van der Waals surface area contributed by atoms with E-state index in [1.807, 2.05) is 13.8 Å². The number of aromatic amines is 1. The fourth-order valence-electron chi connectivity index (χ4n) is 2.31. The van der Waals surface area contributed by atoms with Crippen molar-refractivity contribution in [2.75, 3.05) is 0 Å². The van der Waals surface area contributed by atoms with Crippen molar-refractivity contribution >= 4 is 23.3 Å². The second-order valence-electron chi connectivity index (χ2n) is 4.84. The van der Waals surface area contributed by atoms with Crippen molar-refractivity contribution in [2.24, 2.45) is 0 Å². The third-order valence-corrected chi connectivity index (χ3v) is 3.75. The van der Waals surface area contributed by atoms with Crippen LogP contribution in [0, 0.1) is 25.5 Å². The largest absolute Gasteiger partial charge is 0.361 e. The highest BCUT2D eigenvalue weighted by Crippen LogP contribution is 2.20. The molecule has 3 rings (SSSR count). The molecule has 5 heteroatoms. The first-order valence-electron chi connectivity index (χ1n) is 6.17. The molecule has 0 radical (unpaired) electrons. The average Bonchev–Trinajstić information content (AvgIpc) is 2.84. The number of H-pyrrole nitrogens is 1. The van der Waals surface area contributed by atoms with Gasteiger partial charge in [-0.2, -0.15) is 0 Å². The second-order valence-corrected chi connectivity index (χ2v) is 5.23. The molecule has 0 fully saturated rings. The van der Waals surface area contributed by atoms with Crippen LogP contribution in [0.5, 0.6) is 0 Å². The summed E-state index contributed by atoms with van der Waals surface area (Å²) < 4.78 is 8.02. The van der Waals surface area contributed by atoms with Crippen LogP contribution in [-0.2, 0) is 6.54 Å². The van der Waals surface area contributed by atoms with E-state index in [4.69, 9.17) is 16.7 Å². The molecule has 2 heterocycles. The van der Waals surface area contributed by atoms with Gasteiger partial charge in [-0.15, -0.1) is 0 Å². The maximum absolute atomic E-state index is 5.41. The fourth-order valence-corrected chi connectivity index (χ4v) is 2.58. The van der Waals surface area contributed by atoms with Gasteiger partial charge in [0.25, 0.3) is 0 Å². The summed E-state index contributed by atoms with van der Waals surface area (Å²) in [5.74, 6) is 0.849. The molecule has 1 aromatic carbocycles. The highest BCUT2D eigenvalue weighted by molar-refractivity contribution is 7.71. The minimum absolute atomic E-state index is 0.684. The number of aromatic nitrogens is 3. The lowest BCUT2D eigenvalue weighted by atomic mass is 10.2. The Balaban J connectivity index is 2.18. The number of nitrogens with one attached hydrogen (secondary N) is 1. The Morgan fingerprint density at radius 2 is 2.11 bits per heavy atom. The summed E-state index contributed by atoms with van der Waals surface area (Å²) in [4.78, 5) is 3.23. The number of nitrogens with zero attached hydrogens (tertiary/aromatic N) is 2. The van der Waals surface area contributed by atoms with E-state index in [-0.39, 0.29) is 0 Å². The van der Waals surface area contributed by atoms with Crippen LogP contribution in [0.3, 0.4) is 0 Å². The molecule has 4 nitrogen and oxygen atoms in total. The number of imidazole rings is 1. The van der Waals surface area contributed by atoms with E-state index in [2.05, 4.69) is 39.8 Å². The van der Waals surface area contributed by atoms with E-state index in [1.165, 1.54) is 5.56 Å². The second kappa shape index (κ2) is 4.35. The molecular formula is C14H15N3OS. The lowest BCUT2D eigenvalue weighted by Gasteiger charge is -2.04. The van der Waals surface area contributed by atoms with Gasteiger partial charge in [0.15, 0.2) is 4.77 Å². The molecule has 0 amide bonds. The highest BCUT2D eigenvalue weighted by atomic mass is 32.1. The monoisotopic (exact) mass is 273 g/mol.